The van der Waals surface area contributed by atoms with Gasteiger partial charge in [-0.05, 0) is 18.4 Å². The second-order valence-electron chi connectivity index (χ2n) is 7.27. The molecular formula is C21H27N5O5. The molecule has 166 valence electrons. The third kappa shape index (κ3) is 5.09. The highest BCUT2D eigenvalue weighted by molar-refractivity contribution is 5.85. The first-order valence-electron chi connectivity index (χ1n) is 10.1. The van der Waals surface area contributed by atoms with Crippen LogP contribution in [0.1, 0.15) is 30.7 Å². The van der Waals surface area contributed by atoms with E-state index < -0.39 is 23.6 Å². The van der Waals surface area contributed by atoms with E-state index in [9.17, 15) is 19.8 Å². The Morgan fingerprint density at radius 1 is 1.29 bits per heavy atom. The van der Waals surface area contributed by atoms with E-state index in [1.54, 1.807) is 0 Å². The number of nitrogens with one attached hydrogen (secondary N) is 2. The van der Waals surface area contributed by atoms with E-state index in [1.807, 2.05) is 37.3 Å². The fourth-order valence-electron chi connectivity index (χ4n) is 3.43. The molecule has 2 aromatic heterocycles. The molecule has 0 saturated heterocycles. The first kappa shape index (κ1) is 22.4. The van der Waals surface area contributed by atoms with E-state index in [1.165, 1.54) is 11.7 Å². The number of fused-ring (bicyclic) bond motifs is 1. The molecule has 0 radical (unpaired) electrons. The lowest BCUT2D eigenvalue weighted by Gasteiger charge is -2.18. The van der Waals surface area contributed by atoms with Gasteiger partial charge >= 0.3 is 11.7 Å². The van der Waals surface area contributed by atoms with Gasteiger partial charge < -0.3 is 25.3 Å². The van der Waals surface area contributed by atoms with Gasteiger partial charge in [-0.25, -0.2) is 9.78 Å². The maximum atomic E-state index is 12.7. The van der Waals surface area contributed by atoms with Gasteiger partial charge in [0.05, 0.1) is 19.3 Å². The molecule has 3 rings (SSSR count). The largest absolute Gasteiger partial charge is 0.481 e. The van der Waals surface area contributed by atoms with Gasteiger partial charge in [0.25, 0.3) is 0 Å². The molecule has 2 atom stereocenters. The molecule has 0 spiro atoms. The van der Waals surface area contributed by atoms with Crippen molar-refractivity contribution in [2.24, 2.45) is 0 Å². The van der Waals surface area contributed by atoms with Crippen molar-refractivity contribution in [1.29, 1.82) is 0 Å². The van der Waals surface area contributed by atoms with Crippen LogP contribution >= 0.6 is 0 Å². The van der Waals surface area contributed by atoms with Crippen molar-refractivity contribution in [3.8, 4) is 0 Å². The van der Waals surface area contributed by atoms with Gasteiger partial charge in [-0.15, -0.1) is 0 Å². The number of aliphatic carboxylic acids is 1. The van der Waals surface area contributed by atoms with Crippen molar-refractivity contribution in [3.63, 3.8) is 0 Å². The van der Waals surface area contributed by atoms with Crippen molar-refractivity contribution in [1.82, 2.24) is 19.5 Å². The van der Waals surface area contributed by atoms with Gasteiger partial charge in [0.2, 0.25) is 0 Å². The zero-order chi connectivity index (χ0) is 22.4. The number of ether oxygens (including phenoxy) is 1. The third-order valence-corrected chi connectivity index (χ3v) is 4.93. The maximum absolute atomic E-state index is 12.7. The number of imidazole rings is 1. The Balaban J connectivity index is 2.04. The molecule has 4 N–H and O–H groups in total. The SMILES string of the molecule is CCCn1c(=O)nc(NC(CO)Cc2ccccc2)c2[nH]c(C(COC)C(=O)O)nc21. The minimum Gasteiger partial charge on any atom is -0.481 e. The second-order valence-corrected chi connectivity index (χ2v) is 7.27. The number of hydrogen-bond acceptors (Lipinski definition) is 7. The van der Waals surface area contributed by atoms with Gasteiger partial charge in [-0.2, -0.15) is 4.98 Å². The van der Waals surface area contributed by atoms with Crippen molar-refractivity contribution < 1.29 is 19.7 Å². The summed E-state index contributed by atoms with van der Waals surface area (Å²) < 4.78 is 6.44. The number of benzene rings is 1. The van der Waals surface area contributed by atoms with Gasteiger partial charge in [0, 0.05) is 13.7 Å². The van der Waals surface area contributed by atoms with Crippen LogP contribution in [0.4, 0.5) is 5.82 Å². The minimum atomic E-state index is -1.09. The first-order chi connectivity index (χ1) is 15.0. The topological polar surface area (TPSA) is 142 Å². The van der Waals surface area contributed by atoms with Crippen LogP contribution in [-0.4, -0.2) is 62.1 Å². The summed E-state index contributed by atoms with van der Waals surface area (Å²) in [4.78, 5) is 35.9. The fraction of sp³-hybridized carbons (Fsp3) is 0.429. The van der Waals surface area contributed by atoms with E-state index in [0.29, 0.717) is 30.6 Å². The normalized spacial score (nSPS) is 13.3. The highest BCUT2D eigenvalue weighted by atomic mass is 16.5. The first-order valence-corrected chi connectivity index (χ1v) is 10.1. The third-order valence-electron chi connectivity index (χ3n) is 4.93. The summed E-state index contributed by atoms with van der Waals surface area (Å²) in [5.74, 6) is -1.71. The second kappa shape index (κ2) is 10.2. The number of aryl methyl sites for hydroxylation is 1. The Bertz CT molecular complexity index is 1080. The predicted octanol–water partition coefficient (Wildman–Crippen LogP) is 1.36. The number of rotatable bonds is 11. The molecule has 10 heteroatoms. The van der Waals surface area contributed by atoms with Crippen LogP contribution in [-0.2, 0) is 22.5 Å². The Hall–Kier alpha value is -3.24. The molecular weight excluding hydrogens is 402 g/mol. The average Bonchev–Trinajstić information content (AvgIpc) is 3.19. The molecule has 0 aliphatic carbocycles. The van der Waals surface area contributed by atoms with Gasteiger partial charge in [0.1, 0.15) is 17.3 Å². The van der Waals surface area contributed by atoms with Crippen LogP contribution in [0.2, 0.25) is 0 Å². The summed E-state index contributed by atoms with van der Waals surface area (Å²) in [5, 5.41) is 22.5. The molecule has 2 unspecified atom stereocenters. The van der Waals surface area contributed by atoms with Crippen LogP contribution in [0, 0.1) is 0 Å². The Morgan fingerprint density at radius 2 is 2.03 bits per heavy atom. The predicted molar refractivity (Wildman–Crippen MR) is 115 cm³/mol. The number of aliphatic hydroxyl groups excluding tert-OH is 1. The molecule has 2 heterocycles. The van der Waals surface area contributed by atoms with E-state index in [0.717, 1.165) is 5.56 Å². The quantitative estimate of drug-likeness (QED) is 0.358. The Kier molecular flexibility index (Phi) is 7.37. The van der Waals surface area contributed by atoms with E-state index in [-0.39, 0.29) is 24.9 Å². The van der Waals surface area contributed by atoms with Crippen molar-refractivity contribution in [2.45, 2.75) is 38.3 Å². The molecule has 0 fully saturated rings. The van der Waals surface area contributed by atoms with Gasteiger partial charge in [0.15, 0.2) is 11.5 Å². The number of H-pyrrole nitrogens is 1. The summed E-state index contributed by atoms with van der Waals surface area (Å²) in [5.41, 5.74) is 1.25. The molecule has 1 aromatic carbocycles. The number of aromatic nitrogens is 4. The number of aliphatic hydroxyl groups is 1. The smallest absolute Gasteiger partial charge is 0.351 e. The molecule has 0 amide bonds. The average molecular weight is 429 g/mol. The fourth-order valence-corrected chi connectivity index (χ4v) is 3.43. The number of nitrogens with zero attached hydrogens (tertiary/aromatic N) is 3. The highest BCUT2D eigenvalue weighted by Gasteiger charge is 2.26. The van der Waals surface area contributed by atoms with E-state index in [2.05, 4.69) is 20.3 Å². The van der Waals surface area contributed by atoms with Gasteiger partial charge in [-0.3, -0.25) is 9.36 Å². The number of carboxylic acids is 1. The molecule has 0 bridgehead atoms. The standard InChI is InChI=1S/C21H27N5O5/c1-3-9-26-19-16(23-17(24-19)15(12-31-2)20(28)29)18(25-21(26)30)22-14(11-27)10-13-7-5-4-6-8-13/h4-8,14-15,27H,3,9-12H2,1-2H3,(H,23,24)(H,28,29)(H,22,25,30). The number of anilines is 1. The van der Waals surface area contributed by atoms with Crippen molar-refractivity contribution >= 4 is 23.0 Å². The molecule has 31 heavy (non-hydrogen) atoms. The molecule has 0 saturated carbocycles. The van der Waals surface area contributed by atoms with E-state index in [4.69, 9.17) is 4.74 Å². The highest BCUT2D eigenvalue weighted by Crippen LogP contribution is 2.23. The van der Waals surface area contributed by atoms with Crippen LogP contribution in [0.25, 0.3) is 11.2 Å². The lowest BCUT2D eigenvalue weighted by molar-refractivity contribution is -0.140. The zero-order valence-electron chi connectivity index (χ0n) is 17.5. The lowest BCUT2D eigenvalue weighted by atomic mass is 10.1. The monoisotopic (exact) mass is 429 g/mol. The van der Waals surface area contributed by atoms with Crippen molar-refractivity contribution in [3.05, 3.63) is 52.2 Å². The Morgan fingerprint density at radius 3 is 2.65 bits per heavy atom. The Labute approximate surface area is 178 Å². The number of methoxy groups -OCH3 is 1. The van der Waals surface area contributed by atoms with Crippen LogP contribution in [0.5, 0.6) is 0 Å². The molecule has 10 nitrogen and oxygen atoms in total. The van der Waals surface area contributed by atoms with Crippen LogP contribution in [0.15, 0.2) is 35.1 Å². The van der Waals surface area contributed by atoms with Gasteiger partial charge in [-0.1, -0.05) is 37.3 Å². The molecule has 3 aromatic rings. The number of carboxylic acid groups (broad SMARTS) is 1. The van der Waals surface area contributed by atoms with E-state index >= 15 is 0 Å². The summed E-state index contributed by atoms with van der Waals surface area (Å²) in [6, 6.07) is 9.23. The number of carbonyl (C=O) groups is 1. The summed E-state index contributed by atoms with van der Waals surface area (Å²) in [6.45, 7) is 2.06. The zero-order valence-corrected chi connectivity index (χ0v) is 17.5. The summed E-state index contributed by atoms with van der Waals surface area (Å²) in [6.07, 6.45) is 1.19. The number of aromatic amines is 1. The van der Waals surface area contributed by atoms with Crippen LogP contribution in [0.3, 0.4) is 0 Å². The lowest BCUT2D eigenvalue weighted by Crippen LogP contribution is -2.30. The summed E-state index contributed by atoms with van der Waals surface area (Å²) in [7, 11) is 1.41. The number of hydrogen-bond donors (Lipinski definition) is 4. The van der Waals surface area contributed by atoms with Crippen LogP contribution < -0.4 is 11.0 Å². The molecule has 0 aliphatic heterocycles. The molecule has 0 aliphatic rings. The summed E-state index contributed by atoms with van der Waals surface area (Å²) >= 11 is 0. The maximum Gasteiger partial charge on any atom is 0.351 e. The van der Waals surface area contributed by atoms with Crippen molar-refractivity contribution in [2.75, 3.05) is 25.6 Å². The minimum absolute atomic E-state index is 0.0728.